The molecule has 0 heterocycles. The summed E-state index contributed by atoms with van der Waals surface area (Å²) in [5.74, 6) is -1.69. The molecule has 1 N–H and O–H groups in total. The SMILES string of the molecule is CC[C@H](C)NC(=O)[C@H](C)N(Cc1ccc(C)cc1)C(=O)CN(c1ccc(F)c(Cl)c1)S(=O)(=O)c1ccccc1. The highest BCUT2D eigenvalue weighted by molar-refractivity contribution is 7.92. The predicted molar refractivity (Wildman–Crippen MR) is 151 cm³/mol. The van der Waals surface area contributed by atoms with Gasteiger partial charge in [-0.05, 0) is 63.1 Å². The van der Waals surface area contributed by atoms with Gasteiger partial charge in [0.05, 0.1) is 15.6 Å². The predicted octanol–water partition coefficient (Wildman–Crippen LogP) is 5.31. The Bertz CT molecular complexity index is 1400. The molecule has 0 unspecified atom stereocenters. The van der Waals surface area contributed by atoms with Gasteiger partial charge in [-0.25, -0.2) is 12.8 Å². The third-order valence-corrected chi connectivity index (χ3v) is 8.52. The van der Waals surface area contributed by atoms with Crippen LogP contribution in [-0.2, 0) is 26.2 Å². The number of aryl methyl sites for hydroxylation is 1. The number of amides is 2. The highest BCUT2D eigenvalue weighted by Crippen LogP contribution is 2.28. The van der Waals surface area contributed by atoms with Crippen LogP contribution >= 0.6 is 11.6 Å². The summed E-state index contributed by atoms with van der Waals surface area (Å²) < 4.78 is 42.3. The zero-order valence-corrected chi connectivity index (χ0v) is 24.0. The number of carbonyl (C=O) groups excluding carboxylic acids is 2. The van der Waals surface area contributed by atoms with Gasteiger partial charge in [0, 0.05) is 12.6 Å². The van der Waals surface area contributed by atoms with E-state index in [0.29, 0.717) is 6.42 Å². The summed E-state index contributed by atoms with van der Waals surface area (Å²) in [4.78, 5) is 28.2. The van der Waals surface area contributed by atoms with Crippen molar-refractivity contribution in [3.8, 4) is 0 Å². The van der Waals surface area contributed by atoms with Crippen LogP contribution in [0.1, 0.15) is 38.3 Å². The number of rotatable bonds is 11. The van der Waals surface area contributed by atoms with Crippen molar-refractivity contribution in [2.45, 2.75) is 57.6 Å². The maximum absolute atomic E-state index is 14.0. The molecule has 2 atom stereocenters. The molecule has 0 aliphatic heterocycles. The average molecular weight is 574 g/mol. The second-order valence-corrected chi connectivity index (χ2v) is 11.7. The molecular weight excluding hydrogens is 541 g/mol. The van der Waals surface area contributed by atoms with Crippen LogP contribution in [0, 0.1) is 12.7 Å². The summed E-state index contributed by atoms with van der Waals surface area (Å²) in [6.07, 6.45) is 0.707. The molecule has 0 radical (unpaired) electrons. The third kappa shape index (κ3) is 7.58. The van der Waals surface area contributed by atoms with Gasteiger partial charge in [-0.3, -0.25) is 13.9 Å². The fourth-order valence-corrected chi connectivity index (χ4v) is 5.43. The lowest BCUT2D eigenvalue weighted by molar-refractivity contribution is -0.139. The molecule has 0 aliphatic carbocycles. The number of nitrogens with one attached hydrogen (secondary N) is 1. The quantitative estimate of drug-likeness (QED) is 0.337. The Labute approximate surface area is 234 Å². The zero-order chi connectivity index (χ0) is 28.7. The van der Waals surface area contributed by atoms with Crippen LogP contribution < -0.4 is 9.62 Å². The minimum Gasteiger partial charge on any atom is -0.352 e. The molecule has 0 spiro atoms. The van der Waals surface area contributed by atoms with E-state index in [-0.39, 0.29) is 34.1 Å². The second kappa shape index (κ2) is 13.1. The Hall–Kier alpha value is -3.43. The molecule has 7 nitrogen and oxygen atoms in total. The first kappa shape index (κ1) is 30.1. The van der Waals surface area contributed by atoms with Crippen molar-refractivity contribution in [2.24, 2.45) is 0 Å². The van der Waals surface area contributed by atoms with Crippen LogP contribution in [0.2, 0.25) is 5.02 Å². The number of hydrogen-bond donors (Lipinski definition) is 1. The van der Waals surface area contributed by atoms with E-state index in [2.05, 4.69) is 5.32 Å². The summed E-state index contributed by atoms with van der Waals surface area (Å²) in [5, 5.41) is 2.60. The number of carbonyl (C=O) groups is 2. The van der Waals surface area contributed by atoms with Crippen LogP contribution in [0.5, 0.6) is 0 Å². The standard InChI is InChI=1S/C29H33ClFN3O4S/c1-5-21(3)32-29(36)22(4)33(18-23-13-11-20(2)12-14-23)28(35)19-34(24-15-16-27(31)26(30)17-24)39(37,38)25-9-7-6-8-10-25/h6-17,21-22H,5,18-19H2,1-4H3,(H,32,36)/t21-,22-/m0/s1. The molecule has 0 aromatic heterocycles. The van der Waals surface area contributed by atoms with Gasteiger partial charge in [0.2, 0.25) is 11.8 Å². The van der Waals surface area contributed by atoms with Crippen molar-refractivity contribution in [1.29, 1.82) is 0 Å². The monoisotopic (exact) mass is 573 g/mol. The normalized spacial score (nSPS) is 12.9. The van der Waals surface area contributed by atoms with Crippen LogP contribution in [0.4, 0.5) is 10.1 Å². The molecule has 3 aromatic carbocycles. The van der Waals surface area contributed by atoms with E-state index in [9.17, 15) is 22.4 Å². The maximum Gasteiger partial charge on any atom is 0.264 e. The van der Waals surface area contributed by atoms with Gasteiger partial charge in [0.15, 0.2) is 0 Å². The Balaban J connectivity index is 2.03. The van der Waals surface area contributed by atoms with Crippen LogP contribution in [0.25, 0.3) is 0 Å². The first-order valence-electron chi connectivity index (χ1n) is 12.6. The lowest BCUT2D eigenvalue weighted by Gasteiger charge is -2.32. The van der Waals surface area contributed by atoms with Gasteiger partial charge < -0.3 is 10.2 Å². The molecule has 0 bridgehead atoms. The molecular formula is C29H33ClFN3O4S. The summed E-state index contributed by atoms with van der Waals surface area (Å²) >= 11 is 5.98. The van der Waals surface area contributed by atoms with Crippen molar-refractivity contribution in [3.05, 3.63) is 94.8 Å². The van der Waals surface area contributed by atoms with Crippen LogP contribution in [0.3, 0.4) is 0 Å². The van der Waals surface area contributed by atoms with Gasteiger partial charge in [0.1, 0.15) is 18.4 Å². The van der Waals surface area contributed by atoms with Crippen molar-refractivity contribution < 1.29 is 22.4 Å². The minimum atomic E-state index is -4.26. The lowest BCUT2D eigenvalue weighted by Crippen LogP contribution is -2.52. The van der Waals surface area contributed by atoms with Crippen LogP contribution in [0.15, 0.2) is 77.7 Å². The smallest absolute Gasteiger partial charge is 0.264 e. The first-order chi connectivity index (χ1) is 18.4. The molecule has 0 saturated heterocycles. The van der Waals surface area contributed by atoms with Gasteiger partial charge in [-0.15, -0.1) is 0 Å². The number of anilines is 1. The molecule has 0 aliphatic rings. The summed E-state index contributed by atoms with van der Waals surface area (Å²) in [6.45, 7) is 6.79. The molecule has 208 valence electrons. The molecule has 10 heteroatoms. The Kier molecular flexibility index (Phi) is 10.1. The van der Waals surface area contributed by atoms with Gasteiger partial charge in [-0.2, -0.15) is 0 Å². The highest BCUT2D eigenvalue weighted by Gasteiger charge is 2.33. The Morgan fingerprint density at radius 3 is 2.23 bits per heavy atom. The molecule has 39 heavy (non-hydrogen) atoms. The minimum absolute atomic E-state index is 0.0191. The summed E-state index contributed by atoms with van der Waals surface area (Å²) in [7, 11) is -4.26. The molecule has 0 fully saturated rings. The van der Waals surface area contributed by atoms with E-state index in [1.807, 2.05) is 45.0 Å². The largest absolute Gasteiger partial charge is 0.352 e. The second-order valence-electron chi connectivity index (χ2n) is 9.42. The fourth-order valence-electron chi connectivity index (χ4n) is 3.83. The maximum atomic E-state index is 14.0. The molecule has 3 aromatic rings. The summed E-state index contributed by atoms with van der Waals surface area (Å²) in [5.41, 5.74) is 1.83. The Morgan fingerprint density at radius 2 is 1.64 bits per heavy atom. The van der Waals surface area contributed by atoms with Crippen molar-refractivity contribution >= 4 is 39.1 Å². The van der Waals surface area contributed by atoms with Crippen molar-refractivity contribution in [3.63, 3.8) is 0 Å². The molecule has 2 amide bonds. The first-order valence-corrected chi connectivity index (χ1v) is 14.4. The molecule has 0 saturated carbocycles. The highest BCUT2D eigenvalue weighted by atomic mass is 35.5. The Morgan fingerprint density at radius 1 is 1.00 bits per heavy atom. The number of hydrogen-bond acceptors (Lipinski definition) is 4. The van der Waals surface area contributed by atoms with E-state index in [1.54, 1.807) is 25.1 Å². The van der Waals surface area contributed by atoms with Crippen molar-refractivity contribution in [1.82, 2.24) is 10.2 Å². The summed E-state index contributed by atoms with van der Waals surface area (Å²) in [6, 6.07) is 17.6. The number of nitrogens with zero attached hydrogens (tertiary/aromatic N) is 2. The van der Waals surface area contributed by atoms with E-state index in [1.165, 1.54) is 23.1 Å². The number of halogens is 2. The van der Waals surface area contributed by atoms with E-state index >= 15 is 0 Å². The van der Waals surface area contributed by atoms with Gasteiger partial charge in [0.25, 0.3) is 10.0 Å². The zero-order valence-electron chi connectivity index (χ0n) is 22.4. The van der Waals surface area contributed by atoms with Gasteiger partial charge in [-0.1, -0.05) is 66.6 Å². The fraction of sp³-hybridized carbons (Fsp3) is 0.310. The molecule has 3 rings (SSSR count). The van der Waals surface area contributed by atoms with Crippen LogP contribution in [-0.4, -0.2) is 43.8 Å². The van der Waals surface area contributed by atoms with E-state index in [4.69, 9.17) is 11.6 Å². The van der Waals surface area contributed by atoms with E-state index < -0.39 is 34.3 Å². The van der Waals surface area contributed by atoms with E-state index in [0.717, 1.165) is 27.6 Å². The average Bonchev–Trinajstić information content (AvgIpc) is 2.92. The lowest BCUT2D eigenvalue weighted by atomic mass is 10.1. The number of sulfonamides is 1. The number of benzene rings is 3. The van der Waals surface area contributed by atoms with Gasteiger partial charge >= 0.3 is 0 Å². The van der Waals surface area contributed by atoms with Crippen molar-refractivity contribution in [2.75, 3.05) is 10.8 Å². The topological polar surface area (TPSA) is 86.8 Å². The third-order valence-electron chi connectivity index (χ3n) is 6.44.